The van der Waals surface area contributed by atoms with Gasteiger partial charge in [-0.05, 0) is 40.5 Å². The van der Waals surface area contributed by atoms with E-state index in [4.69, 9.17) is 4.74 Å². The van der Waals surface area contributed by atoms with Gasteiger partial charge >= 0.3 is 5.97 Å². The number of esters is 1. The van der Waals surface area contributed by atoms with Crippen LogP contribution in [0.4, 0.5) is 0 Å². The predicted molar refractivity (Wildman–Crippen MR) is 127 cm³/mol. The van der Waals surface area contributed by atoms with E-state index in [1.807, 2.05) is 33.2 Å². The Labute approximate surface area is 193 Å². The number of aryl methyl sites for hydroxylation is 3. The predicted octanol–water partition coefficient (Wildman–Crippen LogP) is 3.46. The normalized spacial score (nSPS) is 12.2. The summed E-state index contributed by atoms with van der Waals surface area (Å²) >= 11 is 1.36. The molecule has 10 heteroatoms. The highest BCUT2D eigenvalue weighted by Crippen LogP contribution is 2.24. The smallest absolute Gasteiger partial charge is 0.350 e. The minimum absolute atomic E-state index is 0. The van der Waals surface area contributed by atoms with Crippen molar-refractivity contribution >= 4 is 47.2 Å². The lowest BCUT2D eigenvalue weighted by Gasteiger charge is -2.16. The molecule has 2 N–H and O–H groups in total. The number of unbranched alkanes of at least 4 members (excludes halogenated alkanes) is 1. The van der Waals surface area contributed by atoms with Gasteiger partial charge in [-0.2, -0.15) is 0 Å². The molecule has 0 aliphatic carbocycles. The highest BCUT2D eigenvalue weighted by atomic mass is 127. The molecule has 29 heavy (non-hydrogen) atoms. The van der Waals surface area contributed by atoms with Crippen LogP contribution in [0.3, 0.4) is 0 Å². The molecular formula is C19H31IN6O2S. The number of imidazole rings is 1. The quantitative estimate of drug-likeness (QED) is 0.168. The van der Waals surface area contributed by atoms with Crippen molar-refractivity contribution in [2.45, 2.75) is 53.1 Å². The van der Waals surface area contributed by atoms with Crippen molar-refractivity contribution in [3.8, 4) is 0 Å². The van der Waals surface area contributed by atoms with Gasteiger partial charge in [0.15, 0.2) is 5.96 Å². The van der Waals surface area contributed by atoms with Crippen LogP contribution in [0.15, 0.2) is 17.4 Å². The van der Waals surface area contributed by atoms with E-state index in [1.54, 1.807) is 14.0 Å². The number of nitrogens with one attached hydrogen (secondary N) is 2. The molecule has 1 unspecified atom stereocenters. The fourth-order valence-electron chi connectivity index (χ4n) is 2.70. The molecule has 0 radical (unpaired) electrons. The van der Waals surface area contributed by atoms with Gasteiger partial charge in [0.25, 0.3) is 0 Å². The van der Waals surface area contributed by atoms with E-state index < -0.39 is 0 Å². The summed E-state index contributed by atoms with van der Waals surface area (Å²) in [6, 6.07) is -0.0633. The zero-order valence-corrected chi connectivity index (χ0v) is 20.8. The summed E-state index contributed by atoms with van der Waals surface area (Å²) in [5, 5.41) is 7.49. The molecule has 0 aliphatic heterocycles. The molecule has 2 aromatic rings. The number of hydrogen-bond acceptors (Lipinski definition) is 6. The molecule has 0 spiro atoms. The Morgan fingerprint density at radius 2 is 2.14 bits per heavy atom. The zero-order valence-electron chi connectivity index (χ0n) is 17.7. The van der Waals surface area contributed by atoms with Crippen molar-refractivity contribution in [1.82, 2.24) is 25.2 Å². The number of guanidine groups is 1. The van der Waals surface area contributed by atoms with Crippen LogP contribution in [0.2, 0.25) is 0 Å². The molecule has 2 heterocycles. The fraction of sp³-hybridized carbons (Fsp3) is 0.579. The molecule has 0 bridgehead atoms. The molecular weight excluding hydrogens is 503 g/mol. The van der Waals surface area contributed by atoms with Crippen LogP contribution >= 0.6 is 35.3 Å². The lowest BCUT2D eigenvalue weighted by atomic mass is 10.3. The van der Waals surface area contributed by atoms with E-state index >= 15 is 0 Å². The Morgan fingerprint density at radius 1 is 1.38 bits per heavy atom. The van der Waals surface area contributed by atoms with Crippen molar-refractivity contribution in [2.75, 3.05) is 20.2 Å². The Morgan fingerprint density at radius 3 is 2.76 bits per heavy atom. The number of aliphatic imine (C=N–C) groups is 1. The molecule has 162 valence electrons. The summed E-state index contributed by atoms with van der Waals surface area (Å²) < 4.78 is 7.24. The van der Waals surface area contributed by atoms with Gasteiger partial charge in [0.05, 0.1) is 18.3 Å². The first kappa shape index (κ1) is 25.3. The minimum atomic E-state index is -0.313. The molecule has 0 fully saturated rings. The first-order valence-corrected chi connectivity index (χ1v) is 10.4. The molecule has 0 aromatic carbocycles. The van der Waals surface area contributed by atoms with Crippen LogP contribution in [0, 0.1) is 13.8 Å². The van der Waals surface area contributed by atoms with Gasteiger partial charge < -0.3 is 19.9 Å². The number of halogens is 1. The summed E-state index contributed by atoms with van der Waals surface area (Å²) in [6.07, 6.45) is 5.92. The number of hydrogen-bond donors (Lipinski definition) is 2. The minimum Gasteiger partial charge on any atom is -0.462 e. The zero-order chi connectivity index (χ0) is 20.5. The molecule has 0 amide bonds. The van der Waals surface area contributed by atoms with E-state index in [2.05, 4.69) is 30.2 Å². The van der Waals surface area contributed by atoms with Crippen LogP contribution in [0.5, 0.6) is 0 Å². The third-order valence-electron chi connectivity index (χ3n) is 4.26. The fourth-order valence-corrected chi connectivity index (χ4v) is 3.67. The van der Waals surface area contributed by atoms with Crippen molar-refractivity contribution < 1.29 is 9.53 Å². The first-order valence-electron chi connectivity index (χ1n) is 9.55. The average molecular weight is 534 g/mol. The summed E-state index contributed by atoms with van der Waals surface area (Å²) in [6.45, 7) is 9.78. The first-order chi connectivity index (χ1) is 13.5. The summed E-state index contributed by atoms with van der Waals surface area (Å²) in [4.78, 5) is 25.6. The topological polar surface area (TPSA) is 93.4 Å². The van der Waals surface area contributed by atoms with Crippen LogP contribution in [0.1, 0.15) is 58.9 Å². The SMILES string of the molecule is CCOC(=O)c1sc(C(C)NC(=NC)NCCCCn2ccnc2C)nc1C.I. The summed E-state index contributed by atoms with van der Waals surface area (Å²) in [7, 11) is 1.74. The number of nitrogens with zero attached hydrogens (tertiary/aromatic N) is 4. The number of carbonyl (C=O) groups excluding carboxylic acids is 1. The lowest BCUT2D eigenvalue weighted by Crippen LogP contribution is -2.39. The molecule has 2 aromatic heterocycles. The van der Waals surface area contributed by atoms with Gasteiger partial charge in [-0.3, -0.25) is 4.99 Å². The van der Waals surface area contributed by atoms with Gasteiger partial charge in [-0.15, -0.1) is 35.3 Å². The van der Waals surface area contributed by atoms with Gasteiger partial charge in [0.1, 0.15) is 15.7 Å². The highest BCUT2D eigenvalue weighted by Gasteiger charge is 2.20. The van der Waals surface area contributed by atoms with Crippen molar-refractivity contribution in [2.24, 2.45) is 4.99 Å². The standard InChI is InChI=1S/C19H30N6O2S.HI/c1-6-27-18(26)16-13(2)23-17(28-16)14(3)24-19(20-5)22-9-7-8-11-25-12-10-21-15(25)4;/h10,12,14H,6-9,11H2,1-5H3,(H2,20,22,24);1H. The van der Waals surface area contributed by atoms with E-state index in [0.717, 1.165) is 42.7 Å². The van der Waals surface area contributed by atoms with Crippen molar-refractivity contribution in [1.29, 1.82) is 0 Å². The summed E-state index contributed by atoms with van der Waals surface area (Å²) in [5.41, 5.74) is 0.699. The van der Waals surface area contributed by atoms with Crippen molar-refractivity contribution in [3.63, 3.8) is 0 Å². The third kappa shape index (κ3) is 7.57. The highest BCUT2D eigenvalue weighted by molar-refractivity contribution is 14.0. The average Bonchev–Trinajstić information content (AvgIpc) is 3.26. The van der Waals surface area contributed by atoms with Crippen molar-refractivity contribution in [3.05, 3.63) is 33.8 Å². The number of thiazole rings is 1. The molecule has 8 nitrogen and oxygen atoms in total. The maximum atomic E-state index is 12.0. The lowest BCUT2D eigenvalue weighted by molar-refractivity contribution is 0.0531. The second-order valence-corrected chi connectivity index (χ2v) is 7.46. The maximum Gasteiger partial charge on any atom is 0.350 e. The van der Waals surface area contributed by atoms with Gasteiger partial charge in [0.2, 0.25) is 0 Å². The van der Waals surface area contributed by atoms with E-state index in [1.165, 1.54) is 11.3 Å². The van der Waals surface area contributed by atoms with E-state index in [9.17, 15) is 4.79 Å². The van der Waals surface area contributed by atoms with Gasteiger partial charge in [0, 0.05) is 32.5 Å². The third-order valence-corrected chi connectivity index (χ3v) is 5.58. The van der Waals surface area contributed by atoms with Crippen LogP contribution in [-0.2, 0) is 11.3 Å². The molecule has 0 saturated carbocycles. The van der Waals surface area contributed by atoms with Gasteiger partial charge in [-0.1, -0.05) is 0 Å². The number of ether oxygens (including phenoxy) is 1. The second-order valence-electron chi connectivity index (χ2n) is 6.43. The monoisotopic (exact) mass is 534 g/mol. The van der Waals surface area contributed by atoms with Crippen LogP contribution in [0.25, 0.3) is 0 Å². The number of carbonyl (C=O) groups is 1. The van der Waals surface area contributed by atoms with E-state index in [-0.39, 0.29) is 36.0 Å². The largest absolute Gasteiger partial charge is 0.462 e. The van der Waals surface area contributed by atoms with E-state index in [0.29, 0.717) is 17.2 Å². The Kier molecular flexibility index (Phi) is 11.2. The Hall–Kier alpha value is -1.69. The Balaban J connectivity index is 0.00000420. The number of aromatic nitrogens is 3. The Bertz CT molecular complexity index is 804. The molecule has 2 rings (SSSR count). The number of rotatable bonds is 9. The second kappa shape index (κ2) is 12.8. The summed E-state index contributed by atoms with van der Waals surface area (Å²) in [5.74, 6) is 1.45. The van der Waals surface area contributed by atoms with Crippen LogP contribution < -0.4 is 10.6 Å². The van der Waals surface area contributed by atoms with Crippen LogP contribution in [-0.4, -0.2) is 46.7 Å². The molecule has 1 atom stereocenters. The molecule has 0 aliphatic rings. The molecule has 0 saturated heterocycles. The van der Waals surface area contributed by atoms with Gasteiger partial charge in [-0.25, -0.2) is 14.8 Å². The maximum absolute atomic E-state index is 12.0.